The number of methoxy groups -OCH3 is 2. The van der Waals surface area contributed by atoms with Crippen LogP contribution in [0.15, 0.2) is 39.5 Å². The van der Waals surface area contributed by atoms with Gasteiger partial charge in [0.05, 0.1) is 26.4 Å². The van der Waals surface area contributed by atoms with Crippen molar-refractivity contribution in [1.82, 2.24) is 4.90 Å². The molecule has 2 atom stereocenters. The Morgan fingerprint density at radius 3 is 2.45 bits per heavy atom. The first-order valence-corrected chi connectivity index (χ1v) is 9.89. The molecule has 31 heavy (non-hydrogen) atoms. The van der Waals surface area contributed by atoms with Crippen LogP contribution in [0.5, 0.6) is 11.5 Å². The molecule has 0 radical (unpaired) electrons. The number of aliphatic hydroxyl groups excluding tert-OH is 1. The number of ether oxygens (including phenoxy) is 2. The minimum absolute atomic E-state index is 0.107. The van der Waals surface area contributed by atoms with Crippen molar-refractivity contribution in [3.05, 3.63) is 57.8 Å². The van der Waals surface area contributed by atoms with Crippen molar-refractivity contribution in [3.8, 4) is 22.8 Å². The second-order valence-electron chi connectivity index (χ2n) is 7.60. The summed E-state index contributed by atoms with van der Waals surface area (Å²) in [4.78, 5) is 15.1. The number of likely N-dealkylation sites (N-methyl/N-ethyl adjacent to an activating group) is 1. The molecule has 4 rings (SSSR count). The summed E-state index contributed by atoms with van der Waals surface area (Å²) in [6.45, 7) is 0.613. The number of halogens is 2. The van der Waals surface area contributed by atoms with E-state index in [9.17, 15) is 18.7 Å². The zero-order chi connectivity index (χ0) is 22.3. The highest BCUT2D eigenvalue weighted by Crippen LogP contribution is 2.45. The van der Waals surface area contributed by atoms with Crippen LogP contribution in [0.4, 0.5) is 8.78 Å². The summed E-state index contributed by atoms with van der Waals surface area (Å²) >= 11 is 0. The molecule has 1 saturated heterocycles. The molecule has 3 aromatic rings. The van der Waals surface area contributed by atoms with Gasteiger partial charge in [0.25, 0.3) is 0 Å². The van der Waals surface area contributed by atoms with Crippen LogP contribution in [-0.4, -0.2) is 50.5 Å². The van der Waals surface area contributed by atoms with Crippen LogP contribution in [0.1, 0.15) is 17.9 Å². The van der Waals surface area contributed by atoms with Crippen molar-refractivity contribution in [3.63, 3.8) is 0 Å². The molecule has 0 aliphatic carbocycles. The summed E-state index contributed by atoms with van der Waals surface area (Å²) < 4.78 is 45.8. The van der Waals surface area contributed by atoms with Gasteiger partial charge in [0.15, 0.2) is 5.43 Å². The van der Waals surface area contributed by atoms with Crippen molar-refractivity contribution < 1.29 is 27.8 Å². The molecule has 1 aromatic heterocycles. The number of likely N-dealkylation sites (tertiary alicyclic amines) is 1. The Balaban J connectivity index is 2.09. The summed E-state index contributed by atoms with van der Waals surface area (Å²) in [7, 11) is 4.79. The molecule has 0 amide bonds. The number of benzene rings is 2. The summed E-state index contributed by atoms with van der Waals surface area (Å²) in [6.07, 6.45) is 0.682. The molecule has 6 nitrogen and oxygen atoms in total. The highest BCUT2D eigenvalue weighted by Gasteiger charge is 2.37. The molecule has 1 N–H and O–H groups in total. The first-order chi connectivity index (χ1) is 14.9. The van der Waals surface area contributed by atoms with Gasteiger partial charge in [-0.15, -0.1) is 0 Å². The molecule has 0 saturated carbocycles. The average Bonchev–Trinajstić information content (AvgIpc) is 3.12. The fraction of sp³-hybridized carbons (Fsp3) is 0.348. The monoisotopic (exact) mass is 431 g/mol. The zero-order valence-electron chi connectivity index (χ0n) is 17.4. The molecule has 164 valence electrons. The molecule has 1 aliphatic rings. The van der Waals surface area contributed by atoms with Gasteiger partial charge in [-0.25, -0.2) is 8.78 Å². The molecule has 8 heteroatoms. The van der Waals surface area contributed by atoms with E-state index in [1.807, 2.05) is 11.9 Å². The van der Waals surface area contributed by atoms with Gasteiger partial charge >= 0.3 is 0 Å². The number of hydrogen-bond acceptors (Lipinski definition) is 6. The van der Waals surface area contributed by atoms with Gasteiger partial charge in [-0.3, -0.25) is 4.79 Å². The lowest BCUT2D eigenvalue weighted by molar-refractivity contribution is 0.171. The second kappa shape index (κ2) is 8.28. The largest absolute Gasteiger partial charge is 0.496 e. The number of rotatable bonds is 5. The van der Waals surface area contributed by atoms with Crippen LogP contribution in [0.3, 0.4) is 0 Å². The Morgan fingerprint density at radius 2 is 1.84 bits per heavy atom. The number of fused-ring (bicyclic) bond motifs is 1. The molecule has 2 aromatic carbocycles. The maximum absolute atomic E-state index is 14.4. The number of aliphatic hydroxyl groups is 1. The minimum atomic E-state index is -0.840. The molecule has 0 bridgehead atoms. The van der Waals surface area contributed by atoms with E-state index in [-0.39, 0.29) is 41.0 Å². The highest BCUT2D eigenvalue weighted by molar-refractivity contribution is 5.90. The van der Waals surface area contributed by atoms with Gasteiger partial charge in [-0.05, 0) is 32.1 Å². The zero-order valence-corrected chi connectivity index (χ0v) is 17.4. The lowest BCUT2D eigenvalue weighted by Crippen LogP contribution is -2.32. The van der Waals surface area contributed by atoms with E-state index >= 15 is 0 Å². The molecule has 1 unspecified atom stereocenters. The third-order valence-corrected chi connectivity index (χ3v) is 6.00. The molecular formula is C23H23F2NO5. The molecule has 1 fully saturated rings. The lowest BCUT2D eigenvalue weighted by Gasteiger charge is -2.25. The topological polar surface area (TPSA) is 72.1 Å². The third-order valence-electron chi connectivity index (χ3n) is 6.00. The molecule has 2 heterocycles. The summed E-state index contributed by atoms with van der Waals surface area (Å²) in [6, 6.07) is 5.87. The van der Waals surface area contributed by atoms with Crippen LogP contribution in [-0.2, 0) is 0 Å². The van der Waals surface area contributed by atoms with E-state index < -0.39 is 22.6 Å². The van der Waals surface area contributed by atoms with Gasteiger partial charge in [-0.2, -0.15) is 0 Å². The Morgan fingerprint density at radius 1 is 1.16 bits per heavy atom. The summed E-state index contributed by atoms with van der Waals surface area (Å²) in [5, 5.41) is 10.1. The van der Waals surface area contributed by atoms with Crippen molar-refractivity contribution in [1.29, 1.82) is 0 Å². The quantitative estimate of drug-likeness (QED) is 0.666. The Labute approximate surface area is 177 Å². The van der Waals surface area contributed by atoms with E-state index in [0.29, 0.717) is 17.7 Å². The summed E-state index contributed by atoms with van der Waals surface area (Å²) in [5.74, 6) is -1.48. The first kappa shape index (κ1) is 21.3. The van der Waals surface area contributed by atoms with Crippen LogP contribution >= 0.6 is 0 Å². The van der Waals surface area contributed by atoms with Gasteiger partial charge in [-0.1, -0.05) is 6.07 Å². The Kier molecular flexibility index (Phi) is 5.68. The minimum Gasteiger partial charge on any atom is -0.496 e. The van der Waals surface area contributed by atoms with E-state index in [4.69, 9.17) is 13.9 Å². The van der Waals surface area contributed by atoms with Crippen LogP contribution in [0, 0.1) is 11.6 Å². The Hall–Kier alpha value is -2.97. The van der Waals surface area contributed by atoms with Crippen molar-refractivity contribution >= 4 is 11.0 Å². The molecule has 1 aliphatic heterocycles. The standard InChI is InChI=1S/C23H23F2NO5/c1-26-8-7-12(15(26)11-27)20-17(29-2)10-18(30-3)22-16(28)9-19(31-23(20)22)21-13(24)5-4-6-14(21)25/h4-6,9-10,12,15,27H,7-8,11H2,1-3H3/t12?,15-/m1/s1. The second-order valence-corrected chi connectivity index (χ2v) is 7.60. The van der Waals surface area contributed by atoms with Crippen molar-refractivity contribution in [2.75, 3.05) is 34.4 Å². The van der Waals surface area contributed by atoms with Gasteiger partial charge < -0.3 is 23.9 Å². The molecular weight excluding hydrogens is 408 g/mol. The maximum atomic E-state index is 14.4. The Bertz CT molecular complexity index is 1170. The van der Waals surface area contributed by atoms with Gasteiger partial charge in [0.1, 0.15) is 39.9 Å². The van der Waals surface area contributed by atoms with E-state index in [2.05, 4.69) is 0 Å². The SMILES string of the molecule is COc1cc(OC)c2c(=O)cc(-c3c(F)cccc3F)oc2c1C1CCN(C)[C@@H]1CO. The number of nitrogens with zero attached hydrogens (tertiary/aromatic N) is 1. The highest BCUT2D eigenvalue weighted by atomic mass is 19.1. The molecule has 0 spiro atoms. The fourth-order valence-corrected chi connectivity index (χ4v) is 4.45. The fourth-order valence-electron chi connectivity index (χ4n) is 4.45. The maximum Gasteiger partial charge on any atom is 0.197 e. The van der Waals surface area contributed by atoms with Crippen LogP contribution in [0.25, 0.3) is 22.3 Å². The van der Waals surface area contributed by atoms with Crippen LogP contribution in [0.2, 0.25) is 0 Å². The predicted molar refractivity (Wildman–Crippen MR) is 112 cm³/mol. The van der Waals surface area contributed by atoms with E-state index in [1.165, 1.54) is 20.3 Å². The predicted octanol–water partition coefficient (Wildman–Crippen LogP) is 3.54. The third kappa shape index (κ3) is 3.45. The first-order valence-electron chi connectivity index (χ1n) is 9.89. The normalized spacial score (nSPS) is 19.2. The summed E-state index contributed by atoms with van der Waals surface area (Å²) in [5.41, 5.74) is -0.208. The smallest absolute Gasteiger partial charge is 0.197 e. The average molecular weight is 431 g/mol. The van der Waals surface area contributed by atoms with Crippen LogP contribution < -0.4 is 14.9 Å². The van der Waals surface area contributed by atoms with Gasteiger partial charge in [0, 0.05) is 29.7 Å². The van der Waals surface area contributed by atoms with Crippen molar-refractivity contribution in [2.24, 2.45) is 0 Å². The van der Waals surface area contributed by atoms with E-state index in [0.717, 1.165) is 24.7 Å². The van der Waals surface area contributed by atoms with Crippen molar-refractivity contribution in [2.45, 2.75) is 18.4 Å². The van der Waals surface area contributed by atoms with Gasteiger partial charge in [0.2, 0.25) is 0 Å². The number of hydrogen-bond donors (Lipinski definition) is 1. The van der Waals surface area contributed by atoms with E-state index in [1.54, 1.807) is 6.07 Å². The lowest BCUT2D eigenvalue weighted by atomic mass is 9.89.